The second-order valence-corrected chi connectivity index (χ2v) is 7.58. The lowest BCUT2D eigenvalue weighted by Gasteiger charge is -2.09. The summed E-state index contributed by atoms with van der Waals surface area (Å²) in [5.41, 5.74) is 2.72. The maximum absolute atomic E-state index is 12.2. The summed E-state index contributed by atoms with van der Waals surface area (Å²) in [6.07, 6.45) is 0.598. The molecule has 1 heterocycles. The number of para-hydroxylation sites is 2. The van der Waals surface area contributed by atoms with E-state index in [1.54, 1.807) is 12.1 Å². The van der Waals surface area contributed by atoms with Gasteiger partial charge < -0.3 is 9.88 Å². The number of nitrogens with zero attached hydrogens (tertiary/aromatic N) is 2. The van der Waals surface area contributed by atoms with Gasteiger partial charge in [-0.15, -0.1) is 0 Å². The summed E-state index contributed by atoms with van der Waals surface area (Å²) in [5.74, 6) is 0.692. The fraction of sp³-hybridized carbons (Fsp3) is 0.222. The zero-order chi connectivity index (χ0) is 18.7. The summed E-state index contributed by atoms with van der Waals surface area (Å²) in [4.78, 5) is 16.7. The second-order valence-electron chi connectivity index (χ2n) is 6.02. The van der Waals surface area contributed by atoms with Crippen molar-refractivity contribution in [3.63, 3.8) is 0 Å². The van der Waals surface area contributed by atoms with E-state index >= 15 is 0 Å². The molecule has 3 aromatic rings. The van der Waals surface area contributed by atoms with Crippen molar-refractivity contribution in [3.05, 3.63) is 59.9 Å². The number of imidazole rings is 1. The zero-order valence-corrected chi connectivity index (χ0v) is 15.2. The highest BCUT2D eigenvalue weighted by Crippen LogP contribution is 2.15. The molecular weight excluding hydrogens is 352 g/mol. The highest BCUT2D eigenvalue weighted by Gasteiger charge is 2.10. The number of fused-ring (bicyclic) bond motifs is 1. The van der Waals surface area contributed by atoms with E-state index in [1.807, 2.05) is 35.8 Å². The summed E-state index contributed by atoms with van der Waals surface area (Å²) in [7, 11) is -3.68. The van der Waals surface area contributed by atoms with E-state index in [1.165, 1.54) is 12.1 Å². The molecule has 2 aromatic carbocycles. The van der Waals surface area contributed by atoms with Crippen LogP contribution in [0.25, 0.3) is 11.0 Å². The van der Waals surface area contributed by atoms with Crippen molar-refractivity contribution < 1.29 is 13.2 Å². The predicted molar refractivity (Wildman–Crippen MR) is 99.0 cm³/mol. The van der Waals surface area contributed by atoms with Gasteiger partial charge in [0.25, 0.3) is 0 Å². The first-order chi connectivity index (χ1) is 12.3. The molecule has 3 rings (SSSR count). The van der Waals surface area contributed by atoms with Crippen LogP contribution >= 0.6 is 0 Å². The zero-order valence-electron chi connectivity index (χ0n) is 14.3. The molecule has 26 heavy (non-hydrogen) atoms. The number of nitrogens with two attached hydrogens (primary N) is 1. The van der Waals surface area contributed by atoms with Crippen molar-refractivity contribution >= 4 is 27.0 Å². The van der Waals surface area contributed by atoms with Crippen molar-refractivity contribution in [2.24, 2.45) is 5.14 Å². The summed E-state index contributed by atoms with van der Waals surface area (Å²) in [6.45, 7) is 2.54. The van der Waals surface area contributed by atoms with Crippen LogP contribution in [0.4, 0.5) is 0 Å². The molecule has 0 radical (unpaired) electrons. The monoisotopic (exact) mass is 372 g/mol. The van der Waals surface area contributed by atoms with Gasteiger partial charge >= 0.3 is 0 Å². The average molecular weight is 372 g/mol. The number of rotatable bonds is 6. The fourth-order valence-electron chi connectivity index (χ4n) is 2.79. The fourth-order valence-corrected chi connectivity index (χ4v) is 3.30. The third-order valence-electron chi connectivity index (χ3n) is 4.13. The number of benzene rings is 2. The molecular formula is C18H20N4O3S. The van der Waals surface area contributed by atoms with Crippen LogP contribution in [0.2, 0.25) is 0 Å². The second kappa shape index (κ2) is 7.27. The molecule has 0 atom stereocenters. The van der Waals surface area contributed by atoms with Gasteiger partial charge in [-0.3, -0.25) is 4.79 Å². The quantitative estimate of drug-likeness (QED) is 0.681. The van der Waals surface area contributed by atoms with E-state index in [4.69, 9.17) is 5.14 Å². The lowest BCUT2D eigenvalue weighted by molar-refractivity contribution is -0.121. The molecule has 0 saturated carbocycles. The smallest absolute Gasteiger partial charge is 0.240 e. The Balaban J connectivity index is 1.57. The minimum absolute atomic E-state index is 0.0766. The van der Waals surface area contributed by atoms with Crippen LogP contribution in [0.1, 0.15) is 11.4 Å². The number of hydrogen-bond donors (Lipinski definition) is 2. The van der Waals surface area contributed by atoms with Crippen LogP contribution in [0.3, 0.4) is 0 Å². The van der Waals surface area contributed by atoms with Gasteiger partial charge in [-0.2, -0.15) is 0 Å². The van der Waals surface area contributed by atoms with Crippen molar-refractivity contribution in [3.8, 4) is 0 Å². The Labute approximate surface area is 151 Å². The van der Waals surface area contributed by atoms with Gasteiger partial charge in [0.2, 0.25) is 15.9 Å². The SMILES string of the molecule is Cc1nc2ccccc2n1CC(=O)NCCc1ccc(S(N)(=O)=O)cc1. The first-order valence-corrected chi connectivity index (χ1v) is 9.69. The van der Waals surface area contributed by atoms with Gasteiger partial charge in [0, 0.05) is 6.54 Å². The summed E-state index contributed by atoms with van der Waals surface area (Å²) < 4.78 is 24.3. The Kier molecular flexibility index (Phi) is 5.06. The largest absolute Gasteiger partial charge is 0.354 e. The lowest BCUT2D eigenvalue weighted by atomic mass is 10.1. The first kappa shape index (κ1) is 18.1. The number of carbonyl (C=O) groups excluding carboxylic acids is 1. The van der Waals surface area contributed by atoms with Gasteiger partial charge in [-0.25, -0.2) is 18.5 Å². The standard InChI is InChI=1S/C18H20N4O3S/c1-13-21-16-4-2-3-5-17(16)22(13)12-18(23)20-11-10-14-6-8-15(9-7-14)26(19,24)25/h2-9H,10-12H2,1H3,(H,20,23)(H2,19,24,25). The molecule has 0 fully saturated rings. The van der Waals surface area contributed by atoms with Crippen molar-refractivity contribution in [2.75, 3.05) is 6.54 Å². The van der Waals surface area contributed by atoms with Gasteiger partial charge in [-0.05, 0) is 43.2 Å². The van der Waals surface area contributed by atoms with Crippen LogP contribution in [0.15, 0.2) is 53.4 Å². The van der Waals surface area contributed by atoms with Crippen LogP contribution in [0.5, 0.6) is 0 Å². The molecule has 0 aliphatic carbocycles. The van der Waals surface area contributed by atoms with Crippen molar-refractivity contribution in [2.45, 2.75) is 24.8 Å². The summed E-state index contributed by atoms with van der Waals surface area (Å²) in [6, 6.07) is 14.0. The minimum Gasteiger partial charge on any atom is -0.354 e. The molecule has 1 amide bonds. The molecule has 0 bridgehead atoms. The van der Waals surface area contributed by atoms with Crippen molar-refractivity contribution in [1.29, 1.82) is 0 Å². The molecule has 0 unspecified atom stereocenters. The lowest BCUT2D eigenvalue weighted by Crippen LogP contribution is -2.29. The molecule has 7 nitrogen and oxygen atoms in total. The van der Waals surface area contributed by atoms with E-state index in [0.717, 1.165) is 22.4 Å². The highest BCUT2D eigenvalue weighted by atomic mass is 32.2. The van der Waals surface area contributed by atoms with Gasteiger partial charge in [-0.1, -0.05) is 24.3 Å². The molecule has 3 N–H and O–H groups in total. The molecule has 0 spiro atoms. The van der Waals surface area contributed by atoms with E-state index < -0.39 is 10.0 Å². The molecule has 136 valence electrons. The van der Waals surface area contributed by atoms with Crippen LogP contribution < -0.4 is 10.5 Å². The third kappa shape index (κ3) is 4.09. The van der Waals surface area contributed by atoms with E-state index in [0.29, 0.717) is 13.0 Å². The number of amides is 1. The molecule has 0 aliphatic rings. The average Bonchev–Trinajstić information content (AvgIpc) is 2.90. The van der Waals surface area contributed by atoms with Crippen LogP contribution in [0, 0.1) is 6.92 Å². The highest BCUT2D eigenvalue weighted by molar-refractivity contribution is 7.89. The van der Waals surface area contributed by atoms with Gasteiger partial charge in [0.05, 0.1) is 15.9 Å². The topological polar surface area (TPSA) is 107 Å². The van der Waals surface area contributed by atoms with Crippen molar-refractivity contribution in [1.82, 2.24) is 14.9 Å². The van der Waals surface area contributed by atoms with Gasteiger partial charge in [0.15, 0.2) is 0 Å². The molecule has 1 aromatic heterocycles. The van der Waals surface area contributed by atoms with Crippen LogP contribution in [-0.4, -0.2) is 30.4 Å². The van der Waals surface area contributed by atoms with E-state index in [2.05, 4.69) is 10.3 Å². The Morgan fingerprint density at radius 1 is 1.15 bits per heavy atom. The maximum Gasteiger partial charge on any atom is 0.240 e. The Bertz CT molecular complexity index is 1040. The first-order valence-electron chi connectivity index (χ1n) is 8.15. The number of nitrogens with one attached hydrogen (secondary N) is 1. The number of aromatic nitrogens is 2. The molecule has 0 aliphatic heterocycles. The predicted octanol–water partition coefficient (Wildman–Crippen LogP) is 1.35. The summed E-state index contributed by atoms with van der Waals surface area (Å²) in [5, 5.41) is 7.95. The van der Waals surface area contributed by atoms with E-state index in [9.17, 15) is 13.2 Å². The molecule has 8 heteroatoms. The maximum atomic E-state index is 12.2. The number of sulfonamides is 1. The normalized spacial score (nSPS) is 11.6. The van der Waals surface area contributed by atoms with Gasteiger partial charge in [0.1, 0.15) is 12.4 Å². The Morgan fingerprint density at radius 2 is 1.85 bits per heavy atom. The van der Waals surface area contributed by atoms with Crippen LogP contribution in [-0.2, 0) is 27.8 Å². The number of carbonyl (C=O) groups is 1. The minimum atomic E-state index is -3.68. The number of primary sulfonamides is 1. The Hall–Kier alpha value is -2.71. The summed E-state index contributed by atoms with van der Waals surface area (Å²) >= 11 is 0. The third-order valence-corrected chi connectivity index (χ3v) is 5.06. The Morgan fingerprint density at radius 3 is 2.54 bits per heavy atom. The molecule has 0 saturated heterocycles. The van der Waals surface area contributed by atoms with E-state index in [-0.39, 0.29) is 17.3 Å². The number of hydrogen-bond acceptors (Lipinski definition) is 4. The number of aryl methyl sites for hydroxylation is 1.